The molecule has 0 amide bonds. The molecule has 0 saturated carbocycles. The van der Waals surface area contributed by atoms with Crippen LogP contribution in [-0.4, -0.2) is 11.1 Å². The molecule has 1 rings (SSSR count). The van der Waals surface area contributed by atoms with Gasteiger partial charge in [-0.15, -0.1) is 12.4 Å². The second kappa shape index (κ2) is 5.57. The summed E-state index contributed by atoms with van der Waals surface area (Å²) in [6.45, 7) is 0. The average Bonchev–Trinajstić information content (AvgIpc) is 2.04. The molecule has 3 nitrogen and oxygen atoms in total. The van der Waals surface area contributed by atoms with E-state index in [1.807, 2.05) is 0 Å². The molecule has 0 heterocycles. The Morgan fingerprint density at radius 2 is 1.93 bits per heavy atom. The molecule has 0 spiro atoms. The molecule has 3 N–H and O–H groups in total. The maximum Gasteiger partial charge on any atom is 0.305 e. The van der Waals surface area contributed by atoms with Crippen molar-refractivity contribution in [1.29, 1.82) is 0 Å². The predicted molar refractivity (Wildman–Crippen MR) is 52.8 cm³/mol. The summed E-state index contributed by atoms with van der Waals surface area (Å²) in [6.07, 6.45) is -0.147. The molecule has 0 aliphatic heterocycles. The Bertz CT molecular complexity index is 302. The lowest BCUT2D eigenvalue weighted by Gasteiger charge is -2.08. The van der Waals surface area contributed by atoms with Crippen LogP contribution < -0.4 is 5.73 Å². The van der Waals surface area contributed by atoms with Crippen molar-refractivity contribution in [3.63, 3.8) is 0 Å². The summed E-state index contributed by atoms with van der Waals surface area (Å²) in [5.41, 5.74) is 6.17. The number of halogens is 2. The van der Waals surface area contributed by atoms with Crippen molar-refractivity contribution < 1.29 is 14.3 Å². The van der Waals surface area contributed by atoms with Gasteiger partial charge in [0.1, 0.15) is 5.82 Å². The van der Waals surface area contributed by atoms with Crippen LogP contribution in [0.3, 0.4) is 0 Å². The lowest BCUT2D eigenvalue weighted by Crippen LogP contribution is -2.14. The fraction of sp³-hybridized carbons (Fsp3) is 0.222. The molecule has 78 valence electrons. The maximum atomic E-state index is 12.5. The predicted octanol–water partition coefficient (Wildman–Crippen LogP) is 1.72. The van der Waals surface area contributed by atoms with Crippen molar-refractivity contribution in [3.05, 3.63) is 35.6 Å². The van der Waals surface area contributed by atoms with Crippen molar-refractivity contribution in [2.24, 2.45) is 5.73 Å². The smallest absolute Gasteiger partial charge is 0.305 e. The molecule has 1 atom stereocenters. The average molecular weight is 220 g/mol. The van der Waals surface area contributed by atoms with Gasteiger partial charge in [0.15, 0.2) is 0 Å². The van der Waals surface area contributed by atoms with Gasteiger partial charge in [0, 0.05) is 6.04 Å². The van der Waals surface area contributed by atoms with Gasteiger partial charge in [-0.05, 0) is 17.7 Å². The number of carbonyl (C=O) groups is 1. The molecule has 0 bridgehead atoms. The van der Waals surface area contributed by atoms with E-state index < -0.39 is 12.0 Å². The Hall–Kier alpha value is -1.13. The molecular formula is C9H11ClFNO2. The van der Waals surface area contributed by atoms with Crippen LogP contribution in [0.25, 0.3) is 0 Å². The Kier molecular flexibility index (Phi) is 5.12. The molecule has 0 aliphatic carbocycles. The molecule has 5 heteroatoms. The molecule has 0 fully saturated rings. The number of carboxylic acid groups (broad SMARTS) is 1. The van der Waals surface area contributed by atoms with Gasteiger partial charge in [-0.3, -0.25) is 4.79 Å². The summed E-state index contributed by atoms with van der Waals surface area (Å²) in [4.78, 5) is 10.3. The first-order chi connectivity index (χ1) is 6.09. The van der Waals surface area contributed by atoms with Crippen LogP contribution in [0, 0.1) is 5.82 Å². The van der Waals surface area contributed by atoms with Gasteiger partial charge in [0.2, 0.25) is 0 Å². The highest BCUT2D eigenvalue weighted by Gasteiger charge is 2.09. The van der Waals surface area contributed by atoms with E-state index in [0.29, 0.717) is 5.56 Å². The van der Waals surface area contributed by atoms with Crippen LogP contribution in [-0.2, 0) is 4.79 Å². The first kappa shape index (κ1) is 12.9. The van der Waals surface area contributed by atoms with Crippen molar-refractivity contribution in [2.45, 2.75) is 12.5 Å². The zero-order valence-corrected chi connectivity index (χ0v) is 8.13. The summed E-state index contributed by atoms with van der Waals surface area (Å²) in [5, 5.41) is 8.45. The number of benzene rings is 1. The molecule has 14 heavy (non-hydrogen) atoms. The largest absolute Gasteiger partial charge is 0.481 e. The summed E-state index contributed by atoms with van der Waals surface area (Å²) < 4.78 is 12.5. The van der Waals surface area contributed by atoms with Crippen LogP contribution >= 0.6 is 12.4 Å². The van der Waals surface area contributed by atoms with Crippen LogP contribution in [0.1, 0.15) is 18.0 Å². The van der Waals surface area contributed by atoms with Gasteiger partial charge in [-0.25, -0.2) is 4.39 Å². The van der Waals surface area contributed by atoms with Gasteiger partial charge >= 0.3 is 5.97 Å². The van der Waals surface area contributed by atoms with Gasteiger partial charge in [0.05, 0.1) is 6.42 Å². The lowest BCUT2D eigenvalue weighted by molar-refractivity contribution is -0.137. The Morgan fingerprint density at radius 1 is 1.43 bits per heavy atom. The number of nitrogens with two attached hydrogens (primary N) is 1. The number of aliphatic carboxylic acids is 1. The number of hydrogen-bond donors (Lipinski definition) is 2. The molecule has 0 unspecified atom stereocenters. The Morgan fingerprint density at radius 3 is 2.36 bits per heavy atom. The lowest BCUT2D eigenvalue weighted by atomic mass is 10.1. The summed E-state index contributed by atoms with van der Waals surface area (Å²) in [7, 11) is 0. The molecule has 0 aliphatic rings. The van der Waals surface area contributed by atoms with Gasteiger partial charge in [-0.2, -0.15) is 0 Å². The normalized spacial score (nSPS) is 11.6. The maximum absolute atomic E-state index is 12.5. The first-order valence-corrected chi connectivity index (χ1v) is 3.82. The SMILES string of the molecule is Cl.N[C@@H](CC(=O)O)c1ccc(F)cc1. The van der Waals surface area contributed by atoms with E-state index in [1.54, 1.807) is 0 Å². The molecule has 0 radical (unpaired) electrons. The highest BCUT2D eigenvalue weighted by Crippen LogP contribution is 2.13. The third-order valence-electron chi connectivity index (χ3n) is 1.69. The third kappa shape index (κ3) is 3.72. The minimum Gasteiger partial charge on any atom is -0.481 e. The van der Waals surface area contributed by atoms with E-state index in [2.05, 4.69) is 0 Å². The van der Waals surface area contributed by atoms with E-state index in [1.165, 1.54) is 24.3 Å². The van der Waals surface area contributed by atoms with Crippen molar-refractivity contribution >= 4 is 18.4 Å². The van der Waals surface area contributed by atoms with E-state index in [4.69, 9.17) is 10.8 Å². The van der Waals surface area contributed by atoms with Gasteiger partial charge in [-0.1, -0.05) is 12.1 Å². The molecular weight excluding hydrogens is 209 g/mol. The molecule has 1 aromatic carbocycles. The van der Waals surface area contributed by atoms with Gasteiger partial charge in [0.25, 0.3) is 0 Å². The number of rotatable bonds is 3. The van der Waals surface area contributed by atoms with Crippen LogP contribution in [0.2, 0.25) is 0 Å². The van der Waals surface area contributed by atoms with Crippen LogP contribution in [0.4, 0.5) is 4.39 Å². The van der Waals surface area contributed by atoms with E-state index in [-0.39, 0.29) is 24.6 Å². The zero-order valence-electron chi connectivity index (χ0n) is 7.31. The van der Waals surface area contributed by atoms with E-state index >= 15 is 0 Å². The fourth-order valence-electron chi connectivity index (χ4n) is 1.02. The summed E-state index contributed by atoms with van der Waals surface area (Å²) in [5.74, 6) is -1.32. The number of carboxylic acids is 1. The Balaban J connectivity index is 0.00000169. The van der Waals surface area contributed by atoms with E-state index in [0.717, 1.165) is 0 Å². The van der Waals surface area contributed by atoms with E-state index in [9.17, 15) is 9.18 Å². The van der Waals surface area contributed by atoms with Crippen LogP contribution in [0.5, 0.6) is 0 Å². The second-order valence-corrected chi connectivity index (χ2v) is 2.76. The van der Waals surface area contributed by atoms with Crippen LogP contribution in [0.15, 0.2) is 24.3 Å². The molecule has 0 aromatic heterocycles. The van der Waals surface area contributed by atoms with Crippen molar-refractivity contribution in [1.82, 2.24) is 0 Å². The standard InChI is InChI=1S/C9H10FNO2.ClH/c10-7-3-1-6(2-4-7)8(11)5-9(12)13;/h1-4,8H,5,11H2,(H,12,13);1H/t8-;/m0./s1. The summed E-state index contributed by atoms with van der Waals surface area (Å²) in [6, 6.07) is 4.93. The molecule has 1 aromatic rings. The minimum absolute atomic E-state index is 0. The van der Waals surface area contributed by atoms with Crippen molar-refractivity contribution in [2.75, 3.05) is 0 Å². The zero-order chi connectivity index (χ0) is 9.84. The highest BCUT2D eigenvalue weighted by molar-refractivity contribution is 5.85. The molecule has 0 saturated heterocycles. The van der Waals surface area contributed by atoms with Gasteiger partial charge < -0.3 is 10.8 Å². The second-order valence-electron chi connectivity index (χ2n) is 2.76. The quantitative estimate of drug-likeness (QED) is 0.814. The number of hydrogen-bond acceptors (Lipinski definition) is 2. The highest BCUT2D eigenvalue weighted by atomic mass is 35.5. The topological polar surface area (TPSA) is 63.3 Å². The minimum atomic E-state index is -0.961. The monoisotopic (exact) mass is 219 g/mol. The Labute approximate surface area is 87.1 Å². The fourth-order valence-corrected chi connectivity index (χ4v) is 1.02. The third-order valence-corrected chi connectivity index (χ3v) is 1.69. The first-order valence-electron chi connectivity index (χ1n) is 3.82. The van der Waals surface area contributed by atoms with Crippen molar-refractivity contribution in [3.8, 4) is 0 Å². The summed E-state index contributed by atoms with van der Waals surface area (Å²) >= 11 is 0.